The molecule has 0 aliphatic carbocycles. The van der Waals surface area contributed by atoms with Crippen LogP contribution >= 0.6 is 0 Å². The van der Waals surface area contributed by atoms with E-state index in [9.17, 15) is 14.9 Å². The van der Waals surface area contributed by atoms with Gasteiger partial charge in [-0.3, -0.25) is 14.9 Å². The fourth-order valence-corrected chi connectivity index (χ4v) is 1.94. The number of hydrogen-bond acceptors (Lipinski definition) is 4. The van der Waals surface area contributed by atoms with E-state index in [0.717, 1.165) is 12.0 Å². The molecule has 0 radical (unpaired) electrons. The number of para-hydroxylation sites is 2. The van der Waals surface area contributed by atoms with Gasteiger partial charge in [-0.25, -0.2) is 0 Å². The number of hydrogen-bond donors (Lipinski definition) is 1. The molecule has 6 heteroatoms. The van der Waals surface area contributed by atoms with Crippen molar-refractivity contribution >= 4 is 17.3 Å². The Bertz CT molecular complexity index is 685. The molecule has 0 saturated carbocycles. The van der Waals surface area contributed by atoms with Gasteiger partial charge < -0.3 is 10.1 Å². The summed E-state index contributed by atoms with van der Waals surface area (Å²) < 4.78 is 5.24. The highest BCUT2D eigenvalue weighted by Crippen LogP contribution is 2.25. The van der Waals surface area contributed by atoms with E-state index in [1.54, 1.807) is 18.2 Å². The first-order valence-electron chi connectivity index (χ1n) is 6.85. The second-order valence-corrected chi connectivity index (χ2v) is 4.62. The van der Waals surface area contributed by atoms with Gasteiger partial charge in [0.15, 0.2) is 12.4 Å². The fraction of sp³-hybridized carbons (Fsp3) is 0.188. The van der Waals surface area contributed by atoms with Crippen LogP contribution in [0.25, 0.3) is 0 Å². The summed E-state index contributed by atoms with van der Waals surface area (Å²) >= 11 is 0. The van der Waals surface area contributed by atoms with Crippen molar-refractivity contribution in [2.24, 2.45) is 0 Å². The third kappa shape index (κ3) is 4.05. The Labute approximate surface area is 127 Å². The molecule has 1 amide bonds. The molecule has 0 saturated heterocycles. The summed E-state index contributed by atoms with van der Waals surface area (Å²) in [5.41, 5.74) is 1.62. The van der Waals surface area contributed by atoms with Crippen molar-refractivity contribution < 1.29 is 14.5 Å². The van der Waals surface area contributed by atoms with Crippen LogP contribution in [0.1, 0.15) is 12.5 Å². The molecule has 2 rings (SSSR count). The van der Waals surface area contributed by atoms with Gasteiger partial charge in [0, 0.05) is 11.8 Å². The highest BCUT2D eigenvalue weighted by Gasteiger charge is 2.14. The summed E-state index contributed by atoms with van der Waals surface area (Å²) in [7, 11) is 0. The van der Waals surface area contributed by atoms with E-state index in [0.29, 0.717) is 5.69 Å². The number of carbonyl (C=O) groups is 1. The molecule has 0 aliphatic rings. The van der Waals surface area contributed by atoms with Crippen LogP contribution in [0.15, 0.2) is 48.5 Å². The Hall–Kier alpha value is -2.89. The average Bonchev–Trinajstić information content (AvgIpc) is 2.53. The molecule has 6 nitrogen and oxygen atoms in total. The summed E-state index contributed by atoms with van der Waals surface area (Å²) in [6, 6.07) is 13.4. The van der Waals surface area contributed by atoms with Crippen molar-refractivity contribution in [3.8, 4) is 5.75 Å². The summed E-state index contributed by atoms with van der Waals surface area (Å²) in [4.78, 5) is 22.2. The molecule has 0 fully saturated rings. The monoisotopic (exact) mass is 300 g/mol. The van der Waals surface area contributed by atoms with Gasteiger partial charge in [0.1, 0.15) is 0 Å². The van der Waals surface area contributed by atoms with Crippen LogP contribution in [-0.4, -0.2) is 17.4 Å². The van der Waals surface area contributed by atoms with Crippen LogP contribution in [0, 0.1) is 10.1 Å². The van der Waals surface area contributed by atoms with E-state index in [1.807, 2.05) is 25.1 Å². The zero-order valence-electron chi connectivity index (χ0n) is 12.1. The summed E-state index contributed by atoms with van der Waals surface area (Å²) in [6.07, 6.45) is 0.871. The van der Waals surface area contributed by atoms with E-state index < -0.39 is 4.92 Å². The van der Waals surface area contributed by atoms with E-state index in [4.69, 9.17) is 4.74 Å². The van der Waals surface area contributed by atoms with Crippen LogP contribution in [-0.2, 0) is 11.2 Å². The Morgan fingerprint density at radius 1 is 1.23 bits per heavy atom. The van der Waals surface area contributed by atoms with Gasteiger partial charge in [-0.1, -0.05) is 31.2 Å². The van der Waals surface area contributed by atoms with Crippen molar-refractivity contribution in [1.82, 2.24) is 0 Å². The first kappa shape index (κ1) is 15.5. The van der Waals surface area contributed by atoms with Gasteiger partial charge in [-0.05, 0) is 30.2 Å². The van der Waals surface area contributed by atoms with Gasteiger partial charge in [0.2, 0.25) is 0 Å². The molecule has 0 unspecified atom stereocenters. The van der Waals surface area contributed by atoms with Crippen LogP contribution in [0.4, 0.5) is 11.4 Å². The van der Waals surface area contributed by atoms with E-state index in [2.05, 4.69) is 5.32 Å². The molecule has 1 N–H and O–H groups in total. The maximum absolute atomic E-state index is 11.9. The van der Waals surface area contributed by atoms with Crippen LogP contribution in [0.5, 0.6) is 5.75 Å². The van der Waals surface area contributed by atoms with E-state index in [-0.39, 0.29) is 24.0 Å². The van der Waals surface area contributed by atoms with Crippen molar-refractivity contribution in [3.63, 3.8) is 0 Å². The van der Waals surface area contributed by atoms with Gasteiger partial charge in [0.25, 0.3) is 5.91 Å². The lowest BCUT2D eigenvalue weighted by Crippen LogP contribution is -2.20. The summed E-state index contributed by atoms with van der Waals surface area (Å²) in [5.74, 6) is -0.295. The Morgan fingerprint density at radius 3 is 2.73 bits per heavy atom. The highest BCUT2D eigenvalue weighted by molar-refractivity contribution is 5.92. The molecule has 22 heavy (non-hydrogen) atoms. The summed E-state index contributed by atoms with van der Waals surface area (Å²) in [6.45, 7) is 1.74. The topological polar surface area (TPSA) is 81.5 Å². The predicted octanol–water partition coefficient (Wildman–Crippen LogP) is 3.17. The smallest absolute Gasteiger partial charge is 0.310 e. The number of nitrogens with zero attached hydrogens (tertiary/aromatic N) is 1. The number of nitro benzene ring substituents is 1. The number of nitrogens with one attached hydrogen (secondary N) is 1. The highest BCUT2D eigenvalue weighted by atomic mass is 16.6. The largest absolute Gasteiger partial charge is 0.477 e. The number of aryl methyl sites for hydroxylation is 1. The number of carbonyl (C=O) groups excluding carboxylic acids is 1. The van der Waals surface area contributed by atoms with Gasteiger partial charge >= 0.3 is 5.69 Å². The zero-order chi connectivity index (χ0) is 15.9. The predicted molar refractivity (Wildman–Crippen MR) is 83.0 cm³/mol. The zero-order valence-corrected chi connectivity index (χ0v) is 12.1. The molecule has 114 valence electrons. The maximum atomic E-state index is 11.9. The molecule has 0 aromatic heterocycles. The number of benzene rings is 2. The first-order chi connectivity index (χ1) is 10.6. The lowest BCUT2D eigenvalue weighted by molar-refractivity contribution is -0.385. The fourth-order valence-electron chi connectivity index (χ4n) is 1.94. The van der Waals surface area contributed by atoms with Crippen LogP contribution in [0.2, 0.25) is 0 Å². The Kier molecular flexibility index (Phi) is 5.08. The lowest BCUT2D eigenvalue weighted by atomic mass is 10.1. The molecule has 0 atom stereocenters. The molecule has 2 aromatic rings. The number of ether oxygens (including phenoxy) is 1. The molecular weight excluding hydrogens is 284 g/mol. The van der Waals surface area contributed by atoms with Gasteiger partial charge in [-0.15, -0.1) is 0 Å². The minimum Gasteiger partial charge on any atom is -0.477 e. The van der Waals surface area contributed by atoms with Crippen molar-refractivity contribution in [1.29, 1.82) is 0 Å². The van der Waals surface area contributed by atoms with Crippen LogP contribution in [0.3, 0.4) is 0 Å². The third-order valence-corrected chi connectivity index (χ3v) is 3.04. The third-order valence-electron chi connectivity index (χ3n) is 3.04. The molecule has 2 aromatic carbocycles. The maximum Gasteiger partial charge on any atom is 0.310 e. The van der Waals surface area contributed by atoms with Crippen LogP contribution < -0.4 is 10.1 Å². The lowest BCUT2D eigenvalue weighted by Gasteiger charge is -2.08. The molecule has 0 spiro atoms. The van der Waals surface area contributed by atoms with E-state index in [1.165, 1.54) is 12.1 Å². The van der Waals surface area contributed by atoms with Crippen molar-refractivity contribution in [2.45, 2.75) is 13.3 Å². The standard InChI is InChI=1S/C16H16N2O4/c1-2-12-6-5-7-13(10-12)17-16(19)11-22-15-9-4-3-8-14(15)18(20)21/h3-10H,2,11H2,1H3,(H,17,19). The minimum absolute atomic E-state index is 0.0740. The van der Waals surface area contributed by atoms with Crippen molar-refractivity contribution in [2.75, 3.05) is 11.9 Å². The molecule has 0 heterocycles. The molecule has 0 aliphatic heterocycles. The number of amides is 1. The number of nitro groups is 1. The van der Waals surface area contributed by atoms with Crippen molar-refractivity contribution in [3.05, 3.63) is 64.2 Å². The Morgan fingerprint density at radius 2 is 2.00 bits per heavy atom. The normalized spacial score (nSPS) is 10.0. The minimum atomic E-state index is -0.544. The van der Waals surface area contributed by atoms with E-state index >= 15 is 0 Å². The number of rotatable bonds is 6. The average molecular weight is 300 g/mol. The SMILES string of the molecule is CCc1cccc(NC(=O)COc2ccccc2[N+](=O)[O-])c1. The quantitative estimate of drug-likeness (QED) is 0.656. The molecule has 0 bridgehead atoms. The Balaban J connectivity index is 1.97. The second-order valence-electron chi connectivity index (χ2n) is 4.62. The number of anilines is 1. The molecular formula is C16H16N2O4. The second kappa shape index (κ2) is 7.21. The van der Waals surface area contributed by atoms with Gasteiger partial charge in [0.05, 0.1) is 4.92 Å². The first-order valence-corrected chi connectivity index (χ1v) is 6.85. The van der Waals surface area contributed by atoms with Gasteiger partial charge in [-0.2, -0.15) is 0 Å². The summed E-state index contributed by atoms with van der Waals surface area (Å²) in [5, 5.41) is 13.6.